The Kier molecular flexibility index (Phi) is 3.99. The summed E-state index contributed by atoms with van der Waals surface area (Å²) in [5.74, 6) is -0.638. The number of fused-ring (bicyclic) bond motifs is 4. The molecule has 150 valence electrons. The summed E-state index contributed by atoms with van der Waals surface area (Å²) in [6.07, 6.45) is 3.42. The summed E-state index contributed by atoms with van der Waals surface area (Å²) in [4.78, 5) is 8.68. The third kappa shape index (κ3) is 2.67. The van der Waals surface area contributed by atoms with Crippen LogP contribution in [-0.4, -0.2) is 14.5 Å². The standard InChI is InChI=1S/C27H15FN4/c28-23-13-19(16-31-25(23)14-29)32-26-11-4-2-7-21(26)22-9-5-8-20(27(22)32)18-12-17-6-1-3-10-24(17)30-15-18/h1-13,15-16H. The van der Waals surface area contributed by atoms with Crippen LogP contribution in [0, 0.1) is 17.1 Å². The lowest BCUT2D eigenvalue weighted by Gasteiger charge is -2.12. The molecule has 0 fully saturated rings. The van der Waals surface area contributed by atoms with Crippen molar-refractivity contribution in [2.75, 3.05) is 0 Å². The van der Waals surface area contributed by atoms with E-state index >= 15 is 0 Å². The van der Waals surface area contributed by atoms with Crippen LogP contribution in [0.4, 0.5) is 4.39 Å². The minimum Gasteiger partial charge on any atom is -0.307 e. The highest BCUT2D eigenvalue weighted by Crippen LogP contribution is 2.38. The van der Waals surface area contributed by atoms with Gasteiger partial charge in [-0.2, -0.15) is 5.26 Å². The van der Waals surface area contributed by atoms with Crippen LogP contribution in [0.2, 0.25) is 0 Å². The molecule has 0 aliphatic heterocycles. The van der Waals surface area contributed by atoms with Gasteiger partial charge in [0.05, 0.1) is 28.4 Å². The van der Waals surface area contributed by atoms with Crippen molar-refractivity contribution in [3.63, 3.8) is 0 Å². The normalized spacial score (nSPS) is 11.2. The van der Waals surface area contributed by atoms with Gasteiger partial charge >= 0.3 is 0 Å². The van der Waals surface area contributed by atoms with Crippen molar-refractivity contribution in [2.45, 2.75) is 0 Å². The average Bonchev–Trinajstić information content (AvgIpc) is 3.18. The first kappa shape index (κ1) is 18.2. The number of nitriles is 1. The van der Waals surface area contributed by atoms with Gasteiger partial charge < -0.3 is 4.57 Å². The Balaban J connectivity index is 1.73. The van der Waals surface area contributed by atoms with Crippen LogP contribution in [-0.2, 0) is 0 Å². The van der Waals surface area contributed by atoms with Crippen LogP contribution >= 0.6 is 0 Å². The molecule has 5 heteroatoms. The smallest absolute Gasteiger partial charge is 0.176 e. The van der Waals surface area contributed by atoms with Crippen LogP contribution in [0.5, 0.6) is 0 Å². The molecule has 0 saturated carbocycles. The van der Waals surface area contributed by atoms with E-state index in [1.54, 1.807) is 12.3 Å². The fraction of sp³-hybridized carbons (Fsp3) is 0. The van der Waals surface area contributed by atoms with E-state index < -0.39 is 5.82 Å². The molecule has 0 saturated heterocycles. The SMILES string of the molecule is N#Cc1ncc(-n2c3ccccc3c3cccc(-c4cnc5ccccc5c4)c32)cc1F. The van der Waals surface area contributed by atoms with Crippen molar-refractivity contribution in [3.8, 4) is 22.9 Å². The fourth-order valence-electron chi connectivity index (χ4n) is 4.37. The van der Waals surface area contributed by atoms with Crippen LogP contribution in [0.25, 0.3) is 49.5 Å². The second-order valence-corrected chi connectivity index (χ2v) is 7.61. The van der Waals surface area contributed by atoms with E-state index in [0.29, 0.717) is 5.69 Å². The highest BCUT2D eigenvalue weighted by molar-refractivity contribution is 6.14. The molecular formula is C27H15FN4. The zero-order valence-electron chi connectivity index (χ0n) is 16.8. The molecule has 0 N–H and O–H groups in total. The second-order valence-electron chi connectivity index (χ2n) is 7.61. The van der Waals surface area contributed by atoms with E-state index in [4.69, 9.17) is 5.26 Å². The van der Waals surface area contributed by atoms with E-state index in [2.05, 4.69) is 34.2 Å². The van der Waals surface area contributed by atoms with Crippen molar-refractivity contribution < 1.29 is 4.39 Å². The van der Waals surface area contributed by atoms with Gasteiger partial charge in [0, 0.05) is 39.5 Å². The second kappa shape index (κ2) is 7.00. The minimum atomic E-state index is -0.638. The van der Waals surface area contributed by atoms with Gasteiger partial charge in [0.2, 0.25) is 0 Å². The molecular weight excluding hydrogens is 399 g/mol. The van der Waals surface area contributed by atoms with Crippen LogP contribution in [0.3, 0.4) is 0 Å². The van der Waals surface area contributed by atoms with Gasteiger partial charge in [0.15, 0.2) is 11.5 Å². The molecule has 32 heavy (non-hydrogen) atoms. The quantitative estimate of drug-likeness (QED) is 0.329. The lowest BCUT2D eigenvalue weighted by molar-refractivity contribution is 0.615. The Bertz CT molecular complexity index is 1710. The maximum atomic E-state index is 14.5. The third-order valence-electron chi connectivity index (χ3n) is 5.79. The van der Waals surface area contributed by atoms with E-state index in [1.807, 2.05) is 59.3 Å². The van der Waals surface area contributed by atoms with Crippen molar-refractivity contribution in [1.29, 1.82) is 5.26 Å². The maximum Gasteiger partial charge on any atom is 0.176 e. The Morgan fingerprint density at radius 1 is 0.812 bits per heavy atom. The molecule has 3 aromatic heterocycles. The number of rotatable bonds is 2. The molecule has 0 amide bonds. The Hall–Kier alpha value is -4.56. The fourth-order valence-corrected chi connectivity index (χ4v) is 4.37. The number of hydrogen-bond acceptors (Lipinski definition) is 3. The summed E-state index contributed by atoms with van der Waals surface area (Å²) < 4.78 is 16.5. The Morgan fingerprint density at radius 2 is 1.62 bits per heavy atom. The molecule has 6 rings (SSSR count). The van der Waals surface area contributed by atoms with Gasteiger partial charge in [-0.15, -0.1) is 0 Å². The first-order valence-corrected chi connectivity index (χ1v) is 10.2. The third-order valence-corrected chi connectivity index (χ3v) is 5.79. The van der Waals surface area contributed by atoms with E-state index in [-0.39, 0.29) is 5.69 Å². The predicted octanol–water partition coefficient (Wildman–Crippen LogP) is 6.40. The molecule has 6 aromatic rings. The van der Waals surface area contributed by atoms with Gasteiger partial charge in [-0.25, -0.2) is 9.37 Å². The molecule has 0 spiro atoms. The van der Waals surface area contributed by atoms with E-state index in [9.17, 15) is 4.39 Å². The molecule has 0 bridgehead atoms. The van der Waals surface area contributed by atoms with Crippen LogP contribution < -0.4 is 0 Å². The van der Waals surface area contributed by atoms with Gasteiger partial charge in [0.25, 0.3) is 0 Å². The summed E-state index contributed by atoms with van der Waals surface area (Å²) in [6.45, 7) is 0. The lowest BCUT2D eigenvalue weighted by Crippen LogP contribution is -1.99. The molecule has 0 atom stereocenters. The average molecular weight is 414 g/mol. The van der Waals surface area contributed by atoms with Gasteiger partial charge in [0.1, 0.15) is 6.07 Å². The maximum absolute atomic E-state index is 14.5. The summed E-state index contributed by atoms with van der Waals surface area (Å²) in [5.41, 5.74) is 5.12. The molecule has 0 radical (unpaired) electrons. The predicted molar refractivity (Wildman–Crippen MR) is 124 cm³/mol. The zero-order valence-corrected chi connectivity index (χ0v) is 16.8. The van der Waals surface area contributed by atoms with Gasteiger partial charge in [-0.3, -0.25) is 4.98 Å². The minimum absolute atomic E-state index is 0.214. The largest absolute Gasteiger partial charge is 0.307 e. The topological polar surface area (TPSA) is 54.5 Å². The number of pyridine rings is 2. The molecule has 0 aliphatic carbocycles. The molecule has 0 unspecified atom stereocenters. The van der Waals surface area contributed by atoms with Crippen LogP contribution in [0.15, 0.2) is 91.3 Å². The molecule has 3 aromatic carbocycles. The molecule has 0 aliphatic rings. The van der Waals surface area contributed by atoms with E-state index in [0.717, 1.165) is 43.8 Å². The number of nitrogens with zero attached hydrogens (tertiary/aromatic N) is 4. The summed E-state index contributed by atoms with van der Waals surface area (Å²) in [6, 6.07) is 27.5. The number of halogens is 1. The number of aromatic nitrogens is 3. The van der Waals surface area contributed by atoms with Gasteiger partial charge in [-0.05, 0) is 18.2 Å². The van der Waals surface area contributed by atoms with Gasteiger partial charge in [-0.1, -0.05) is 54.6 Å². The number of para-hydroxylation sites is 3. The Morgan fingerprint density at radius 3 is 2.50 bits per heavy atom. The van der Waals surface area contributed by atoms with E-state index in [1.165, 1.54) is 6.07 Å². The monoisotopic (exact) mass is 414 g/mol. The number of benzene rings is 3. The highest BCUT2D eigenvalue weighted by Gasteiger charge is 2.18. The van der Waals surface area contributed by atoms with Crippen molar-refractivity contribution in [1.82, 2.24) is 14.5 Å². The summed E-state index contributed by atoms with van der Waals surface area (Å²) in [7, 11) is 0. The molecule has 3 heterocycles. The highest BCUT2D eigenvalue weighted by atomic mass is 19.1. The summed E-state index contributed by atoms with van der Waals surface area (Å²) in [5, 5.41) is 12.3. The number of hydrogen-bond donors (Lipinski definition) is 0. The summed E-state index contributed by atoms with van der Waals surface area (Å²) >= 11 is 0. The molecule has 4 nitrogen and oxygen atoms in total. The van der Waals surface area contributed by atoms with Crippen molar-refractivity contribution >= 4 is 32.7 Å². The van der Waals surface area contributed by atoms with Crippen LogP contribution in [0.1, 0.15) is 5.69 Å². The van der Waals surface area contributed by atoms with Crippen molar-refractivity contribution in [2.24, 2.45) is 0 Å². The zero-order chi connectivity index (χ0) is 21.7. The first-order valence-electron chi connectivity index (χ1n) is 10.2. The Labute approximate surface area is 182 Å². The first-order chi connectivity index (χ1) is 15.7. The lowest BCUT2D eigenvalue weighted by atomic mass is 10.0. The van der Waals surface area contributed by atoms with Crippen molar-refractivity contribution in [3.05, 3.63) is 103 Å².